The monoisotopic (exact) mass is 129 g/mol. The molecule has 0 aliphatic heterocycles. The van der Waals surface area contributed by atoms with Crippen molar-refractivity contribution in [2.45, 2.75) is 25.8 Å². The predicted molar refractivity (Wildman–Crippen MR) is 34.9 cm³/mol. The lowest BCUT2D eigenvalue weighted by Crippen LogP contribution is -2.07. The van der Waals surface area contributed by atoms with Gasteiger partial charge in [0.15, 0.2) is 0 Å². The Morgan fingerprint density at radius 2 is 2.44 bits per heavy atom. The van der Waals surface area contributed by atoms with Gasteiger partial charge in [0.25, 0.3) is 0 Å². The largest absolute Gasteiger partial charge is 0.396 e. The minimum absolute atomic E-state index is 0.0437. The molecule has 0 amide bonds. The summed E-state index contributed by atoms with van der Waals surface area (Å²) in [6.07, 6.45) is 1.70. The van der Waals surface area contributed by atoms with Crippen molar-refractivity contribution < 1.29 is 5.11 Å². The number of hydrogen-bond acceptors (Lipinski definition) is 2. The fraction of sp³-hybridized carbons (Fsp3) is 1.00. The summed E-state index contributed by atoms with van der Waals surface area (Å²) in [7, 11) is 0. The van der Waals surface area contributed by atoms with Gasteiger partial charge in [-0.25, -0.2) is 0 Å². The van der Waals surface area contributed by atoms with Crippen LogP contribution in [0, 0.1) is 0 Å². The molecule has 4 nitrogen and oxygen atoms in total. The van der Waals surface area contributed by atoms with Crippen molar-refractivity contribution >= 4 is 0 Å². The van der Waals surface area contributed by atoms with Gasteiger partial charge in [-0.1, -0.05) is 18.5 Å². The zero-order chi connectivity index (χ0) is 7.11. The van der Waals surface area contributed by atoms with E-state index >= 15 is 0 Å². The lowest BCUT2D eigenvalue weighted by atomic mass is 10.2. The molecule has 0 aliphatic carbocycles. The molecule has 0 fully saturated rings. The van der Waals surface area contributed by atoms with E-state index in [0.717, 1.165) is 12.8 Å². The molecular formula is C5H11N3O. The first kappa shape index (κ1) is 8.27. The van der Waals surface area contributed by atoms with Gasteiger partial charge >= 0.3 is 0 Å². The third-order valence-corrected chi connectivity index (χ3v) is 1.05. The van der Waals surface area contributed by atoms with Crippen molar-refractivity contribution in [2.75, 3.05) is 6.61 Å². The molecule has 0 heterocycles. The van der Waals surface area contributed by atoms with E-state index < -0.39 is 0 Å². The zero-order valence-electron chi connectivity index (χ0n) is 5.49. The fourth-order valence-electron chi connectivity index (χ4n) is 0.592. The molecule has 0 bridgehead atoms. The van der Waals surface area contributed by atoms with Crippen LogP contribution in [-0.2, 0) is 0 Å². The summed E-state index contributed by atoms with van der Waals surface area (Å²) in [5.74, 6) is 0. The van der Waals surface area contributed by atoms with E-state index in [-0.39, 0.29) is 12.6 Å². The summed E-state index contributed by atoms with van der Waals surface area (Å²) in [4.78, 5) is 2.59. The molecule has 0 aliphatic rings. The molecule has 0 aromatic heterocycles. The van der Waals surface area contributed by atoms with Crippen LogP contribution in [0.15, 0.2) is 5.11 Å². The highest BCUT2D eigenvalue weighted by atomic mass is 16.3. The van der Waals surface area contributed by atoms with Crippen LogP contribution in [0.5, 0.6) is 0 Å². The van der Waals surface area contributed by atoms with Crippen LogP contribution < -0.4 is 0 Å². The van der Waals surface area contributed by atoms with Gasteiger partial charge in [0.2, 0.25) is 0 Å². The lowest BCUT2D eigenvalue weighted by molar-refractivity contribution is 0.259. The molecular weight excluding hydrogens is 118 g/mol. The van der Waals surface area contributed by atoms with E-state index in [1.807, 2.05) is 6.92 Å². The SMILES string of the molecule is CCC[C@H](CO)N=[N+]=[N-]. The second kappa shape index (κ2) is 5.41. The summed E-state index contributed by atoms with van der Waals surface area (Å²) in [6, 6.07) is -0.222. The van der Waals surface area contributed by atoms with Gasteiger partial charge < -0.3 is 5.11 Å². The molecule has 0 aromatic carbocycles. The number of hydrogen-bond donors (Lipinski definition) is 1. The van der Waals surface area contributed by atoms with Crippen LogP contribution in [0.3, 0.4) is 0 Å². The Bertz CT molecular complexity index is 109. The average molecular weight is 129 g/mol. The van der Waals surface area contributed by atoms with E-state index in [9.17, 15) is 0 Å². The van der Waals surface area contributed by atoms with Crippen molar-refractivity contribution in [1.29, 1.82) is 0 Å². The number of azide groups is 1. The Morgan fingerprint density at radius 3 is 2.78 bits per heavy atom. The van der Waals surface area contributed by atoms with E-state index in [4.69, 9.17) is 10.6 Å². The maximum atomic E-state index is 8.52. The highest BCUT2D eigenvalue weighted by Gasteiger charge is 2.00. The first-order valence-corrected chi connectivity index (χ1v) is 3.00. The molecule has 0 radical (unpaired) electrons. The first-order valence-electron chi connectivity index (χ1n) is 3.00. The topological polar surface area (TPSA) is 69.0 Å². The molecule has 4 heteroatoms. The third-order valence-electron chi connectivity index (χ3n) is 1.05. The number of rotatable bonds is 4. The molecule has 0 saturated heterocycles. The van der Waals surface area contributed by atoms with E-state index in [1.54, 1.807) is 0 Å². The smallest absolute Gasteiger partial charge is 0.0605 e. The summed E-state index contributed by atoms with van der Waals surface area (Å²) in [6.45, 7) is 1.94. The summed E-state index contributed by atoms with van der Waals surface area (Å²) in [5.41, 5.74) is 7.94. The summed E-state index contributed by atoms with van der Waals surface area (Å²) in [5, 5.41) is 11.9. The van der Waals surface area contributed by atoms with Crippen molar-refractivity contribution in [3.63, 3.8) is 0 Å². The van der Waals surface area contributed by atoms with Crippen LogP contribution in [0.4, 0.5) is 0 Å². The molecule has 0 rings (SSSR count). The molecule has 1 N–H and O–H groups in total. The average Bonchev–Trinajstić information content (AvgIpc) is 1.88. The maximum absolute atomic E-state index is 8.52. The van der Waals surface area contributed by atoms with Crippen LogP contribution in [0.1, 0.15) is 19.8 Å². The Hall–Kier alpha value is -0.730. The van der Waals surface area contributed by atoms with Gasteiger partial charge in [0, 0.05) is 4.91 Å². The molecule has 52 valence electrons. The number of aliphatic hydroxyl groups excluding tert-OH is 1. The van der Waals surface area contributed by atoms with Gasteiger partial charge in [0.1, 0.15) is 0 Å². The van der Waals surface area contributed by atoms with Crippen LogP contribution in [-0.4, -0.2) is 17.8 Å². The molecule has 0 spiro atoms. The fourth-order valence-corrected chi connectivity index (χ4v) is 0.592. The summed E-state index contributed by atoms with van der Waals surface area (Å²) < 4.78 is 0. The first-order chi connectivity index (χ1) is 4.35. The van der Waals surface area contributed by atoms with Crippen LogP contribution >= 0.6 is 0 Å². The Labute approximate surface area is 54.1 Å². The Morgan fingerprint density at radius 1 is 1.78 bits per heavy atom. The summed E-state index contributed by atoms with van der Waals surface area (Å²) >= 11 is 0. The Kier molecular flexibility index (Phi) is 4.97. The van der Waals surface area contributed by atoms with E-state index in [2.05, 4.69) is 10.0 Å². The Balaban J connectivity index is 3.53. The lowest BCUT2D eigenvalue weighted by Gasteiger charge is -2.02. The third kappa shape index (κ3) is 3.82. The van der Waals surface area contributed by atoms with E-state index in [1.165, 1.54) is 0 Å². The number of nitrogens with zero attached hydrogens (tertiary/aromatic N) is 3. The maximum Gasteiger partial charge on any atom is 0.0605 e. The molecule has 1 atom stereocenters. The minimum atomic E-state index is -0.222. The molecule has 9 heavy (non-hydrogen) atoms. The van der Waals surface area contributed by atoms with Gasteiger partial charge in [-0.05, 0) is 12.0 Å². The van der Waals surface area contributed by atoms with Crippen molar-refractivity contribution in [3.8, 4) is 0 Å². The number of aliphatic hydroxyl groups is 1. The highest BCUT2D eigenvalue weighted by Crippen LogP contribution is 1.99. The minimum Gasteiger partial charge on any atom is -0.396 e. The van der Waals surface area contributed by atoms with Crippen molar-refractivity contribution in [1.82, 2.24) is 0 Å². The molecule has 0 unspecified atom stereocenters. The second-order valence-corrected chi connectivity index (χ2v) is 1.83. The predicted octanol–water partition coefficient (Wildman–Crippen LogP) is 1.46. The highest BCUT2D eigenvalue weighted by molar-refractivity contribution is 4.63. The molecule has 0 aromatic rings. The van der Waals surface area contributed by atoms with Crippen LogP contribution in [0.2, 0.25) is 0 Å². The second-order valence-electron chi connectivity index (χ2n) is 1.83. The van der Waals surface area contributed by atoms with Gasteiger partial charge in [-0.3, -0.25) is 0 Å². The standard InChI is InChI=1S/C5H11N3O/c1-2-3-5(4-9)7-8-6/h5,9H,2-4H2,1H3/t5-/m1/s1. The zero-order valence-corrected chi connectivity index (χ0v) is 5.49. The van der Waals surface area contributed by atoms with E-state index in [0.29, 0.717) is 0 Å². The molecule has 0 saturated carbocycles. The van der Waals surface area contributed by atoms with Gasteiger partial charge in [-0.15, -0.1) is 0 Å². The quantitative estimate of drug-likeness (QED) is 0.348. The normalized spacial score (nSPS) is 12.2. The van der Waals surface area contributed by atoms with Crippen LogP contribution in [0.25, 0.3) is 10.4 Å². The van der Waals surface area contributed by atoms with Gasteiger partial charge in [-0.2, -0.15) is 0 Å². The van der Waals surface area contributed by atoms with Crippen molar-refractivity contribution in [2.24, 2.45) is 5.11 Å². The van der Waals surface area contributed by atoms with Gasteiger partial charge in [0.05, 0.1) is 12.6 Å². The van der Waals surface area contributed by atoms with Crippen molar-refractivity contribution in [3.05, 3.63) is 10.4 Å².